The highest BCUT2D eigenvalue weighted by Gasteiger charge is 2.13. The molecule has 0 bridgehead atoms. The number of carbonyl (C=O) groups is 1. The number of rotatable bonds is 7. The normalized spacial score (nSPS) is 11.5. The van der Waals surface area contributed by atoms with Gasteiger partial charge in [0.25, 0.3) is 5.91 Å². The monoisotopic (exact) mass is 403 g/mol. The number of fused-ring (bicyclic) bond motifs is 1. The highest BCUT2D eigenvalue weighted by atomic mass is 32.2. The summed E-state index contributed by atoms with van der Waals surface area (Å²) < 4.78 is 27.3. The predicted molar refractivity (Wildman–Crippen MR) is 111 cm³/mol. The van der Waals surface area contributed by atoms with Crippen molar-refractivity contribution < 1.29 is 13.2 Å². The third-order valence-electron chi connectivity index (χ3n) is 3.95. The third-order valence-corrected chi connectivity index (χ3v) is 6.38. The van der Waals surface area contributed by atoms with Crippen LogP contribution in [0.4, 0.5) is 10.8 Å². The van der Waals surface area contributed by atoms with E-state index >= 15 is 0 Å². The lowest BCUT2D eigenvalue weighted by Gasteiger charge is -2.08. The molecule has 0 radical (unpaired) electrons. The van der Waals surface area contributed by atoms with Crippen LogP contribution in [0.5, 0.6) is 0 Å². The van der Waals surface area contributed by atoms with Crippen LogP contribution in [-0.4, -0.2) is 25.1 Å². The molecule has 27 heavy (non-hydrogen) atoms. The quantitative estimate of drug-likeness (QED) is 0.617. The van der Waals surface area contributed by atoms with Crippen molar-refractivity contribution in [2.45, 2.75) is 26.7 Å². The largest absolute Gasteiger partial charge is 0.298 e. The van der Waals surface area contributed by atoms with Crippen molar-refractivity contribution in [2.75, 3.05) is 15.8 Å². The first-order valence-corrected chi connectivity index (χ1v) is 11.2. The number of amides is 1. The average Bonchev–Trinajstić information content (AvgIpc) is 3.02. The number of hydrogen-bond donors (Lipinski definition) is 2. The van der Waals surface area contributed by atoms with Gasteiger partial charge < -0.3 is 0 Å². The van der Waals surface area contributed by atoms with E-state index < -0.39 is 10.0 Å². The summed E-state index contributed by atoms with van der Waals surface area (Å²) in [4.78, 5) is 17.0. The first-order valence-electron chi connectivity index (χ1n) is 8.71. The van der Waals surface area contributed by atoms with Crippen LogP contribution in [0.2, 0.25) is 0 Å². The zero-order chi connectivity index (χ0) is 19.4. The van der Waals surface area contributed by atoms with Gasteiger partial charge in [0.15, 0.2) is 5.13 Å². The van der Waals surface area contributed by atoms with E-state index in [2.05, 4.69) is 28.0 Å². The molecular formula is C19H21N3O3S2. The SMILES string of the molecule is CCCS(=O)(=O)Nc1cccc(C(=O)Nc2nc3ccc(CC)cc3s2)c1. The number of sulfonamides is 1. The van der Waals surface area contributed by atoms with Gasteiger partial charge in [-0.1, -0.05) is 37.3 Å². The maximum atomic E-state index is 12.5. The molecule has 0 aliphatic carbocycles. The maximum absolute atomic E-state index is 12.5. The standard InChI is InChI=1S/C19H21N3O3S2/c1-3-10-27(24,25)22-15-7-5-6-14(12-15)18(23)21-19-20-16-9-8-13(4-2)11-17(16)26-19/h5-9,11-12,22H,3-4,10H2,1-2H3,(H,20,21,23). The average molecular weight is 404 g/mol. The minimum absolute atomic E-state index is 0.0366. The van der Waals surface area contributed by atoms with Crippen LogP contribution < -0.4 is 10.0 Å². The van der Waals surface area contributed by atoms with E-state index in [1.807, 2.05) is 12.1 Å². The molecule has 3 rings (SSSR count). The molecule has 0 saturated heterocycles. The molecule has 8 heteroatoms. The summed E-state index contributed by atoms with van der Waals surface area (Å²) in [6, 6.07) is 12.5. The van der Waals surface area contributed by atoms with E-state index in [1.165, 1.54) is 23.0 Å². The molecule has 0 atom stereocenters. The number of hydrogen-bond acceptors (Lipinski definition) is 5. The van der Waals surface area contributed by atoms with Gasteiger partial charge in [-0.15, -0.1) is 0 Å². The molecule has 0 unspecified atom stereocenters. The second-order valence-electron chi connectivity index (χ2n) is 6.13. The van der Waals surface area contributed by atoms with Gasteiger partial charge in [0, 0.05) is 11.3 Å². The summed E-state index contributed by atoms with van der Waals surface area (Å²) in [6.45, 7) is 3.89. The number of aromatic nitrogens is 1. The molecule has 1 aromatic heterocycles. The van der Waals surface area contributed by atoms with E-state index in [9.17, 15) is 13.2 Å². The molecule has 0 aliphatic rings. The summed E-state index contributed by atoms with van der Waals surface area (Å²) in [5.41, 5.74) is 2.79. The zero-order valence-electron chi connectivity index (χ0n) is 15.2. The van der Waals surface area contributed by atoms with Gasteiger partial charge in [-0.05, 0) is 48.7 Å². The molecule has 1 amide bonds. The number of benzene rings is 2. The molecule has 2 N–H and O–H groups in total. The lowest BCUT2D eigenvalue weighted by Crippen LogP contribution is -2.17. The fourth-order valence-electron chi connectivity index (χ4n) is 2.63. The van der Waals surface area contributed by atoms with Gasteiger partial charge in [0.05, 0.1) is 16.0 Å². The Morgan fingerprint density at radius 2 is 1.96 bits per heavy atom. The molecule has 6 nitrogen and oxygen atoms in total. The first kappa shape index (κ1) is 19.3. The van der Waals surface area contributed by atoms with Crippen LogP contribution in [0.15, 0.2) is 42.5 Å². The Hall–Kier alpha value is -2.45. The summed E-state index contributed by atoms with van der Waals surface area (Å²) in [7, 11) is -3.40. The van der Waals surface area contributed by atoms with Gasteiger partial charge >= 0.3 is 0 Å². The van der Waals surface area contributed by atoms with Crippen LogP contribution in [0.3, 0.4) is 0 Å². The third kappa shape index (κ3) is 4.84. The Kier molecular flexibility index (Phi) is 5.76. The molecule has 0 saturated carbocycles. The van der Waals surface area contributed by atoms with Crippen molar-refractivity contribution >= 4 is 48.3 Å². The van der Waals surface area contributed by atoms with Crippen molar-refractivity contribution in [3.63, 3.8) is 0 Å². The van der Waals surface area contributed by atoms with Gasteiger partial charge in [0.1, 0.15) is 0 Å². The van der Waals surface area contributed by atoms with Gasteiger partial charge in [0.2, 0.25) is 10.0 Å². The highest BCUT2D eigenvalue weighted by molar-refractivity contribution is 7.92. The smallest absolute Gasteiger partial charge is 0.257 e. The number of thiazole rings is 1. The summed E-state index contributed by atoms with van der Waals surface area (Å²) in [6.07, 6.45) is 1.46. The molecule has 142 valence electrons. The van der Waals surface area contributed by atoms with Crippen molar-refractivity contribution in [3.8, 4) is 0 Å². The first-order chi connectivity index (χ1) is 12.9. The summed E-state index contributed by atoms with van der Waals surface area (Å²) in [5.74, 6) is -0.296. The Morgan fingerprint density at radius 3 is 2.70 bits per heavy atom. The lowest BCUT2D eigenvalue weighted by molar-refractivity contribution is 0.102. The Morgan fingerprint density at radius 1 is 1.15 bits per heavy atom. The number of nitrogens with zero attached hydrogens (tertiary/aromatic N) is 1. The maximum Gasteiger partial charge on any atom is 0.257 e. The molecule has 0 spiro atoms. The van der Waals surface area contributed by atoms with Crippen molar-refractivity contribution in [1.82, 2.24) is 4.98 Å². The second-order valence-corrected chi connectivity index (χ2v) is 9.00. The molecule has 0 fully saturated rings. The summed E-state index contributed by atoms with van der Waals surface area (Å²) in [5, 5.41) is 3.31. The lowest BCUT2D eigenvalue weighted by atomic mass is 10.2. The number of nitrogens with one attached hydrogen (secondary N) is 2. The van der Waals surface area contributed by atoms with Crippen LogP contribution in [0, 0.1) is 0 Å². The molecule has 2 aromatic carbocycles. The predicted octanol–water partition coefficient (Wildman–Crippen LogP) is 4.26. The fraction of sp³-hybridized carbons (Fsp3) is 0.263. The highest BCUT2D eigenvalue weighted by Crippen LogP contribution is 2.27. The van der Waals surface area contributed by atoms with Crippen molar-refractivity contribution in [1.29, 1.82) is 0 Å². The zero-order valence-corrected chi connectivity index (χ0v) is 16.8. The molecule has 3 aromatic rings. The molecule has 0 aliphatic heterocycles. The van der Waals surface area contributed by atoms with Crippen LogP contribution in [-0.2, 0) is 16.4 Å². The van der Waals surface area contributed by atoms with Gasteiger partial charge in [-0.3, -0.25) is 14.8 Å². The van der Waals surface area contributed by atoms with E-state index in [4.69, 9.17) is 0 Å². The van der Waals surface area contributed by atoms with Crippen molar-refractivity contribution in [2.24, 2.45) is 0 Å². The van der Waals surface area contributed by atoms with Crippen LogP contribution in [0.25, 0.3) is 10.2 Å². The van der Waals surface area contributed by atoms with Crippen molar-refractivity contribution in [3.05, 3.63) is 53.6 Å². The number of anilines is 2. The Balaban J connectivity index is 1.77. The fourth-order valence-corrected chi connectivity index (χ4v) is 4.69. The van der Waals surface area contributed by atoms with Gasteiger partial charge in [-0.25, -0.2) is 13.4 Å². The Labute approximate surface area is 162 Å². The van der Waals surface area contributed by atoms with E-state index in [-0.39, 0.29) is 11.7 Å². The molecular weight excluding hydrogens is 382 g/mol. The number of carbonyl (C=O) groups excluding carboxylic acids is 1. The van der Waals surface area contributed by atoms with Crippen LogP contribution >= 0.6 is 11.3 Å². The van der Waals surface area contributed by atoms with E-state index in [0.29, 0.717) is 22.8 Å². The van der Waals surface area contributed by atoms with E-state index in [0.717, 1.165) is 16.6 Å². The summed E-state index contributed by atoms with van der Waals surface area (Å²) >= 11 is 1.42. The van der Waals surface area contributed by atoms with Crippen LogP contribution in [0.1, 0.15) is 36.2 Å². The molecule has 1 heterocycles. The van der Waals surface area contributed by atoms with E-state index in [1.54, 1.807) is 25.1 Å². The number of aryl methyl sites for hydroxylation is 1. The second kappa shape index (κ2) is 8.06. The minimum Gasteiger partial charge on any atom is -0.298 e. The Bertz CT molecular complexity index is 1070. The van der Waals surface area contributed by atoms with Gasteiger partial charge in [-0.2, -0.15) is 0 Å². The minimum atomic E-state index is -3.40. The topological polar surface area (TPSA) is 88.2 Å².